The summed E-state index contributed by atoms with van der Waals surface area (Å²) in [6.07, 6.45) is 28.1. The minimum atomic E-state index is 0.0964. The Morgan fingerprint density at radius 2 is 1.18 bits per heavy atom. The molecule has 0 unspecified atom stereocenters. The smallest absolute Gasteiger partial charge is 0.322 e. The van der Waals surface area contributed by atoms with Gasteiger partial charge in [-0.2, -0.15) is 0 Å². The summed E-state index contributed by atoms with van der Waals surface area (Å²) in [5.74, 6) is 0. The minimum absolute atomic E-state index is 0.0964. The molecule has 1 aliphatic rings. The summed E-state index contributed by atoms with van der Waals surface area (Å²) in [6.45, 7) is 3.09. The average molecular weight is 471 g/mol. The van der Waals surface area contributed by atoms with E-state index >= 15 is 0 Å². The molecule has 0 aliphatic heterocycles. The highest BCUT2D eigenvalue weighted by molar-refractivity contribution is 5.92. The van der Waals surface area contributed by atoms with E-state index in [0.29, 0.717) is 6.04 Å². The van der Waals surface area contributed by atoms with Crippen LogP contribution in [0.5, 0.6) is 0 Å². The van der Waals surface area contributed by atoms with Gasteiger partial charge in [-0.3, -0.25) is 4.90 Å². The number of para-hydroxylation sites is 1. The fraction of sp³-hybridized carbons (Fsp3) is 0.774. The highest BCUT2D eigenvalue weighted by atomic mass is 16.2. The SMILES string of the molecule is CCCCCCCCCCCCCCCCCCNC(=O)N(c1ccccc1)C1CCCCC1. The lowest BCUT2D eigenvalue weighted by atomic mass is 9.94. The molecule has 1 aromatic rings. The molecule has 1 aliphatic carbocycles. The van der Waals surface area contributed by atoms with Crippen LogP contribution in [0.1, 0.15) is 142 Å². The zero-order valence-electron chi connectivity index (χ0n) is 22.4. The largest absolute Gasteiger partial charge is 0.338 e. The summed E-state index contributed by atoms with van der Waals surface area (Å²) >= 11 is 0. The molecule has 0 heterocycles. The third kappa shape index (κ3) is 12.8. The zero-order chi connectivity index (χ0) is 24.1. The van der Waals surface area contributed by atoms with Crippen LogP contribution in [0.25, 0.3) is 0 Å². The lowest BCUT2D eigenvalue weighted by Gasteiger charge is -2.34. The van der Waals surface area contributed by atoms with Crippen molar-refractivity contribution in [3.63, 3.8) is 0 Å². The molecular weight excluding hydrogens is 416 g/mol. The Morgan fingerprint density at radius 1 is 0.706 bits per heavy atom. The van der Waals surface area contributed by atoms with Gasteiger partial charge in [-0.1, -0.05) is 141 Å². The molecule has 0 atom stereocenters. The molecule has 3 heteroatoms. The molecule has 1 fully saturated rings. The Bertz CT molecular complexity index is 597. The van der Waals surface area contributed by atoms with E-state index in [9.17, 15) is 4.79 Å². The first-order valence-electron chi connectivity index (χ1n) is 14.9. The van der Waals surface area contributed by atoms with Gasteiger partial charge in [0.15, 0.2) is 0 Å². The summed E-state index contributed by atoms with van der Waals surface area (Å²) in [7, 11) is 0. The number of nitrogens with one attached hydrogen (secondary N) is 1. The Hall–Kier alpha value is -1.51. The molecular formula is C31H54N2O. The number of unbranched alkanes of at least 4 members (excludes halogenated alkanes) is 15. The van der Waals surface area contributed by atoms with Gasteiger partial charge < -0.3 is 5.32 Å². The molecule has 0 saturated heterocycles. The maximum atomic E-state index is 13.0. The van der Waals surface area contributed by atoms with Gasteiger partial charge >= 0.3 is 6.03 Å². The molecule has 3 nitrogen and oxygen atoms in total. The second-order valence-corrected chi connectivity index (χ2v) is 10.5. The van der Waals surface area contributed by atoms with Gasteiger partial charge in [0.05, 0.1) is 0 Å². The Morgan fingerprint density at radius 3 is 1.68 bits per heavy atom. The molecule has 34 heavy (non-hydrogen) atoms. The van der Waals surface area contributed by atoms with E-state index in [-0.39, 0.29) is 6.03 Å². The second kappa shape index (κ2) is 19.8. The summed E-state index contributed by atoms with van der Waals surface area (Å²) in [6, 6.07) is 10.7. The average Bonchev–Trinajstić information content (AvgIpc) is 2.87. The van der Waals surface area contributed by atoms with E-state index in [4.69, 9.17) is 0 Å². The van der Waals surface area contributed by atoms with Crippen molar-refractivity contribution >= 4 is 11.7 Å². The highest BCUT2D eigenvalue weighted by Gasteiger charge is 2.26. The number of carbonyl (C=O) groups excluding carboxylic acids is 1. The lowest BCUT2D eigenvalue weighted by molar-refractivity contribution is 0.241. The molecule has 2 rings (SSSR count). The van der Waals surface area contributed by atoms with Crippen molar-refractivity contribution in [2.75, 3.05) is 11.4 Å². The maximum Gasteiger partial charge on any atom is 0.322 e. The number of hydrogen-bond acceptors (Lipinski definition) is 1. The van der Waals surface area contributed by atoms with Gasteiger partial charge in [0.25, 0.3) is 0 Å². The molecule has 0 aromatic heterocycles. The van der Waals surface area contributed by atoms with Gasteiger partial charge in [-0.15, -0.1) is 0 Å². The van der Waals surface area contributed by atoms with Crippen LogP contribution in [0.3, 0.4) is 0 Å². The van der Waals surface area contributed by atoms with Crippen molar-refractivity contribution in [1.82, 2.24) is 5.32 Å². The van der Waals surface area contributed by atoms with Crippen molar-refractivity contribution in [3.05, 3.63) is 30.3 Å². The number of carbonyl (C=O) groups is 1. The van der Waals surface area contributed by atoms with E-state index in [1.54, 1.807) is 0 Å². The molecule has 194 valence electrons. The third-order valence-electron chi connectivity index (χ3n) is 7.50. The monoisotopic (exact) mass is 470 g/mol. The number of anilines is 1. The summed E-state index contributed by atoms with van der Waals surface area (Å²) < 4.78 is 0. The van der Waals surface area contributed by atoms with Gasteiger partial charge in [-0.05, 0) is 31.4 Å². The van der Waals surface area contributed by atoms with Gasteiger partial charge in [0.1, 0.15) is 0 Å². The van der Waals surface area contributed by atoms with Crippen LogP contribution in [0.4, 0.5) is 10.5 Å². The van der Waals surface area contributed by atoms with E-state index in [1.165, 1.54) is 116 Å². The van der Waals surface area contributed by atoms with E-state index in [1.807, 2.05) is 23.1 Å². The maximum absolute atomic E-state index is 13.0. The summed E-state index contributed by atoms with van der Waals surface area (Å²) in [5.41, 5.74) is 1.04. The Kier molecular flexibility index (Phi) is 16.7. The minimum Gasteiger partial charge on any atom is -0.338 e. The normalized spacial score (nSPS) is 14.3. The topological polar surface area (TPSA) is 32.3 Å². The zero-order valence-corrected chi connectivity index (χ0v) is 22.4. The fourth-order valence-electron chi connectivity index (χ4n) is 5.38. The number of nitrogens with zero attached hydrogens (tertiary/aromatic N) is 1. The quantitative estimate of drug-likeness (QED) is 0.200. The lowest BCUT2D eigenvalue weighted by Crippen LogP contribution is -2.47. The van der Waals surface area contributed by atoms with Crippen molar-refractivity contribution in [3.8, 4) is 0 Å². The fourth-order valence-corrected chi connectivity index (χ4v) is 5.38. The molecule has 0 spiro atoms. The van der Waals surface area contributed by atoms with Gasteiger partial charge in [0.2, 0.25) is 0 Å². The first-order chi connectivity index (χ1) is 16.8. The van der Waals surface area contributed by atoms with Crippen LogP contribution in [0.15, 0.2) is 30.3 Å². The van der Waals surface area contributed by atoms with Crippen molar-refractivity contribution < 1.29 is 4.79 Å². The van der Waals surface area contributed by atoms with E-state index in [0.717, 1.165) is 31.5 Å². The van der Waals surface area contributed by atoms with Gasteiger partial charge in [-0.25, -0.2) is 4.79 Å². The van der Waals surface area contributed by atoms with Crippen LogP contribution in [-0.4, -0.2) is 18.6 Å². The first-order valence-corrected chi connectivity index (χ1v) is 14.9. The Balaban J connectivity index is 1.45. The van der Waals surface area contributed by atoms with Crippen LogP contribution in [-0.2, 0) is 0 Å². The molecule has 0 radical (unpaired) electrons. The van der Waals surface area contributed by atoms with Crippen molar-refractivity contribution in [2.45, 2.75) is 148 Å². The number of urea groups is 1. The molecule has 2 amide bonds. The molecule has 1 N–H and O–H groups in total. The van der Waals surface area contributed by atoms with Crippen LogP contribution in [0.2, 0.25) is 0 Å². The second-order valence-electron chi connectivity index (χ2n) is 10.5. The Labute approximate surface area is 211 Å². The first kappa shape index (κ1) is 28.7. The van der Waals surface area contributed by atoms with Crippen molar-refractivity contribution in [1.29, 1.82) is 0 Å². The number of hydrogen-bond donors (Lipinski definition) is 1. The van der Waals surface area contributed by atoms with Crippen LogP contribution < -0.4 is 10.2 Å². The summed E-state index contributed by atoms with van der Waals surface area (Å²) in [4.78, 5) is 15.1. The molecule has 0 bridgehead atoms. The van der Waals surface area contributed by atoms with Crippen molar-refractivity contribution in [2.24, 2.45) is 0 Å². The predicted octanol–water partition coefficient (Wildman–Crippen LogP) is 9.80. The summed E-state index contributed by atoms with van der Waals surface area (Å²) in [5, 5.41) is 3.22. The van der Waals surface area contributed by atoms with Crippen LogP contribution >= 0.6 is 0 Å². The highest BCUT2D eigenvalue weighted by Crippen LogP contribution is 2.27. The molecule has 1 saturated carbocycles. The number of amides is 2. The van der Waals surface area contributed by atoms with E-state index < -0.39 is 0 Å². The number of benzene rings is 1. The third-order valence-corrected chi connectivity index (χ3v) is 7.50. The number of rotatable bonds is 19. The predicted molar refractivity (Wildman–Crippen MR) is 149 cm³/mol. The van der Waals surface area contributed by atoms with Gasteiger partial charge in [0, 0.05) is 18.3 Å². The molecule has 1 aromatic carbocycles. The van der Waals surface area contributed by atoms with Crippen LogP contribution in [0, 0.1) is 0 Å². The van der Waals surface area contributed by atoms with E-state index in [2.05, 4.69) is 24.4 Å². The standard InChI is InChI=1S/C31H54N2O/c1-2-3-4-5-6-7-8-9-10-11-12-13-14-15-16-23-28-32-31(34)33(29-24-19-17-20-25-29)30-26-21-18-22-27-30/h17,19-20,24-25,30H,2-16,18,21-23,26-28H2,1H3,(H,32,34).